The topological polar surface area (TPSA) is 61.4 Å². The number of nitrogens with zero attached hydrogens (tertiary/aromatic N) is 1. The van der Waals surface area contributed by atoms with Crippen LogP contribution in [0.1, 0.15) is 12.0 Å². The molecule has 0 radical (unpaired) electrons. The molecule has 1 unspecified atom stereocenters. The van der Waals surface area contributed by atoms with Crippen LogP contribution in [0.25, 0.3) is 0 Å². The van der Waals surface area contributed by atoms with Crippen molar-refractivity contribution in [2.45, 2.75) is 18.6 Å². The second kappa shape index (κ2) is 7.07. The molecule has 0 aliphatic carbocycles. The molecule has 1 saturated heterocycles. The molecule has 1 heterocycles. The molecule has 1 fully saturated rings. The summed E-state index contributed by atoms with van der Waals surface area (Å²) in [4.78, 5) is 26.0. The Bertz CT molecular complexity index is 809. The summed E-state index contributed by atoms with van der Waals surface area (Å²) in [5.74, 6) is -0.254. The van der Waals surface area contributed by atoms with E-state index in [0.29, 0.717) is 13.0 Å². The van der Waals surface area contributed by atoms with Crippen LogP contribution in [-0.4, -0.2) is 24.5 Å². The quantitative estimate of drug-likeness (QED) is 0.875. The number of urea groups is 1. The van der Waals surface area contributed by atoms with Gasteiger partial charge in [0.15, 0.2) is 0 Å². The molecule has 2 N–H and O–H groups in total. The van der Waals surface area contributed by atoms with E-state index >= 15 is 0 Å². The number of amides is 3. The van der Waals surface area contributed by atoms with Crippen LogP contribution in [0.5, 0.6) is 0 Å². The lowest BCUT2D eigenvalue weighted by Gasteiger charge is -2.17. The molecule has 0 bridgehead atoms. The van der Waals surface area contributed by atoms with Crippen LogP contribution in [0.3, 0.4) is 0 Å². The van der Waals surface area contributed by atoms with Crippen LogP contribution >= 0.6 is 0 Å². The molecular weight excluding hydrogens is 347 g/mol. The Hall–Kier alpha value is -3.03. The molecule has 2 aromatic carbocycles. The molecule has 1 aliphatic rings. The van der Waals surface area contributed by atoms with Crippen molar-refractivity contribution in [3.63, 3.8) is 0 Å². The van der Waals surface area contributed by atoms with Gasteiger partial charge in [0.2, 0.25) is 5.91 Å². The van der Waals surface area contributed by atoms with Crippen LogP contribution in [0.4, 0.5) is 29.3 Å². The lowest BCUT2D eigenvalue weighted by molar-refractivity contribution is -0.137. The summed E-state index contributed by atoms with van der Waals surface area (Å²) in [6.45, 7) is 0.456. The molecule has 2 aromatic rings. The van der Waals surface area contributed by atoms with E-state index in [1.807, 2.05) is 18.2 Å². The molecule has 8 heteroatoms. The zero-order chi connectivity index (χ0) is 18.7. The van der Waals surface area contributed by atoms with Crippen molar-refractivity contribution in [3.05, 3.63) is 60.2 Å². The highest BCUT2D eigenvalue weighted by Crippen LogP contribution is 2.30. The number of carbonyl (C=O) groups is 2. The average Bonchev–Trinajstić information content (AvgIpc) is 2.96. The normalized spacial score (nSPS) is 17.3. The highest BCUT2D eigenvalue weighted by atomic mass is 19.4. The summed E-state index contributed by atoms with van der Waals surface area (Å²) in [6.07, 6.45) is -4.07. The number of rotatable bonds is 3. The van der Waals surface area contributed by atoms with Crippen molar-refractivity contribution in [2.24, 2.45) is 0 Å². The maximum absolute atomic E-state index is 12.7. The summed E-state index contributed by atoms with van der Waals surface area (Å²) in [5, 5.41) is 4.85. The SMILES string of the molecule is O=C(Nc1cccc(C(F)(F)F)c1)NC1CCN(c2ccccc2)C1=O. The molecule has 5 nitrogen and oxygen atoms in total. The summed E-state index contributed by atoms with van der Waals surface area (Å²) in [7, 11) is 0. The second-order valence-electron chi connectivity index (χ2n) is 5.84. The molecule has 0 saturated carbocycles. The number of benzene rings is 2. The van der Waals surface area contributed by atoms with Gasteiger partial charge in [-0.05, 0) is 36.8 Å². The molecule has 136 valence electrons. The van der Waals surface area contributed by atoms with Gasteiger partial charge in [-0.2, -0.15) is 13.2 Å². The Kier molecular flexibility index (Phi) is 4.83. The van der Waals surface area contributed by atoms with E-state index in [2.05, 4.69) is 10.6 Å². The highest BCUT2D eigenvalue weighted by molar-refractivity contribution is 6.02. The average molecular weight is 363 g/mol. The Balaban J connectivity index is 1.62. The number of alkyl halides is 3. The Labute approximate surface area is 147 Å². The Morgan fingerprint density at radius 3 is 2.50 bits per heavy atom. The first-order valence-electron chi connectivity index (χ1n) is 7.96. The van der Waals surface area contributed by atoms with E-state index in [9.17, 15) is 22.8 Å². The number of para-hydroxylation sites is 1. The van der Waals surface area contributed by atoms with Gasteiger partial charge in [-0.1, -0.05) is 24.3 Å². The molecule has 0 aromatic heterocycles. The summed E-state index contributed by atoms with van der Waals surface area (Å²) in [5.41, 5.74) is -0.120. The number of nitrogens with one attached hydrogen (secondary N) is 2. The maximum Gasteiger partial charge on any atom is 0.416 e. The van der Waals surface area contributed by atoms with Crippen molar-refractivity contribution in [1.82, 2.24) is 5.32 Å². The van der Waals surface area contributed by atoms with Gasteiger partial charge in [0.25, 0.3) is 0 Å². The van der Waals surface area contributed by atoms with Gasteiger partial charge in [-0.3, -0.25) is 4.79 Å². The third kappa shape index (κ3) is 3.96. The standard InChI is InChI=1S/C18H16F3N3O2/c19-18(20,21)12-5-4-6-13(11-12)22-17(26)23-15-9-10-24(16(15)25)14-7-2-1-3-8-14/h1-8,11,15H,9-10H2,(H2,22,23,26). The predicted octanol–water partition coefficient (Wildman–Crippen LogP) is 3.63. The van der Waals surface area contributed by atoms with E-state index in [1.54, 1.807) is 17.0 Å². The summed E-state index contributed by atoms with van der Waals surface area (Å²) >= 11 is 0. The minimum Gasteiger partial charge on any atom is -0.326 e. The molecule has 3 rings (SSSR count). The lowest BCUT2D eigenvalue weighted by atomic mass is 10.2. The largest absolute Gasteiger partial charge is 0.416 e. The number of carbonyl (C=O) groups excluding carboxylic acids is 2. The van der Waals surface area contributed by atoms with Gasteiger partial charge in [0.05, 0.1) is 5.56 Å². The van der Waals surface area contributed by atoms with Crippen molar-refractivity contribution < 1.29 is 22.8 Å². The monoisotopic (exact) mass is 363 g/mol. The fourth-order valence-corrected chi connectivity index (χ4v) is 2.78. The lowest BCUT2D eigenvalue weighted by Crippen LogP contribution is -2.43. The first kappa shape index (κ1) is 17.8. The minimum atomic E-state index is -4.49. The zero-order valence-corrected chi connectivity index (χ0v) is 13.6. The van der Waals surface area contributed by atoms with Crippen molar-refractivity contribution in [2.75, 3.05) is 16.8 Å². The maximum atomic E-state index is 12.7. The van der Waals surface area contributed by atoms with Gasteiger partial charge in [0.1, 0.15) is 6.04 Å². The number of hydrogen-bond donors (Lipinski definition) is 2. The van der Waals surface area contributed by atoms with Crippen molar-refractivity contribution in [1.29, 1.82) is 0 Å². The first-order valence-corrected chi connectivity index (χ1v) is 7.96. The van der Waals surface area contributed by atoms with Gasteiger partial charge in [-0.25, -0.2) is 4.79 Å². The number of hydrogen-bond acceptors (Lipinski definition) is 2. The fraction of sp³-hybridized carbons (Fsp3) is 0.222. The Morgan fingerprint density at radius 2 is 1.81 bits per heavy atom. The van der Waals surface area contributed by atoms with Gasteiger partial charge in [-0.15, -0.1) is 0 Å². The van der Waals surface area contributed by atoms with E-state index in [4.69, 9.17) is 0 Å². The number of halogens is 3. The minimum absolute atomic E-state index is 0.00249. The van der Waals surface area contributed by atoms with Crippen molar-refractivity contribution in [3.8, 4) is 0 Å². The highest BCUT2D eigenvalue weighted by Gasteiger charge is 2.34. The van der Waals surface area contributed by atoms with Gasteiger partial charge in [0, 0.05) is 17.9 Å². The molecule has 3 amide bonds. The van der Waals surface area contributed by atoms with Crippen LogP contribution < -0.4 is 15.5 Å². The van der Waals surface area contributed by atoms with E-state index < -0.39 is 23.8 Å². The van der Waals surface area contributed by atoms with E-state index in [1.165, 1.54) is 12.1 Å². The van der Waals surface area contributed by atoms with Crippen molar-refractivity contribution >= 4 is 23.3 Å². The predicted molar refractivity (Wildman–Crippen MR) is 90.8 cm³/mol. The third-order valence-corrected chi connectivity index (χ3v) is 4.03. The molecule has 0 spiro atoms. The van der Waals surface area contributed by atoms with Gasteiger partial charge >= 0.3 is 12.2 Å². The molecule has 26 heavy (non-hydrogen) atoms. The van der Waals surface area contributed by atoms with E-state index in [0.717, 1.165) is 17.8 Å². The molecular formula is C18H16F3N3O2. The smallest absolute Gasteiger partial charge is 0.326 e. The zero-order valence-electron chi connectivity index (χ0n) is 13.6. The summed E-state index contributed by atoms with van der Waals surface area (Å²) < 4.78 is 38.1. The third-order valence-electron chi connectivity index (χ3n) is 4.03. The summed E-state index contributed by atoms with van der Waals surface area (Å²) in [6, 6.07) is 11.9. The van der Waals surface area contributed by atoms with Crippen LogP contribution in [0.15, 0.2) is 54.6 Å². The first-order chi connectivity index (χ1) is 12.3. The van der Waals surface area contributed by atoms with Crippen LogP contribution in [-0.2, 0) is 11.0 Å². The van der Waals surface area contributed by atoms with Crippen LogP contribution in [0, 0.1) is 0 Å². The second-order valence-corrected chi connectivity index (χ2v) is 5.84. The molecule has 1 atom stereocenters. The Morgan fingerprint density at radius 1 is 1.08 bits per heavy atom. The van der Waals surface area contributed by atoms with Gasteiger partial charge < -0.3 is 15.5 Å². The number of anilines is 2. The molecule has 1 aliphatic heterocycles. The van der Waals surface area contributed by atoms with E-state index in [-0.39, 0.29) is 11.6 Å². The fourth-order valence-electron chi connectivity index (χ4n) is 2.78. The van der Waals surface area contributed by atoms with Crippen LogP contribution in [0.2, 0.25) is 0 Å².